The molecule has 3 atom stereocenters. The number of rotatable bonds is 10. The Balaban J connectivity index is 1.82. The highest BCUT2D eigenvalue weighted by molar-refractivity contribution is 7.89. The molecule has 3 rings (SSSR count). The van der Waals surface area contributed by atoms with E-state index in [0.717, 1.165) is 5.56 Å². The van der Waals surface area contributed by atoms with E-state index in [-0.39, 0.29) is 24.8 Å². The van der Waals surface area contributed by atoms with E-state index in [1.54, 1.807) is 13.0 Å². The van der Waals surface area contributed by atoms with Gasteiger partial charge in [-0.05, 0) is 29.5 Å². The summed E-state index contributed by atoms with van der Waals surface area (Å²) in [6.45, 7) is 7.21. The van der Waals surface area contributed by atoms with Gasteiger partial charge in [-0.1, -0.05) is 58.0 Å². The van der Waals surface area contributed by atoms with E-state index in [4.69, 9.17) is 15.2 Å². The number of aliphatic hydroxyl groups is 1. The Morgan fingerprint density at radius 1 is 1.14 bits per heavy atom. The van der Waals surface area contributed by atoms with Crippen LogP contribution in [0.25, 0.3) is 0 Å². The quantitative estimate of drug-likeness (QED) is 0.449. The summed E-state index contributed by atoms with van der Waals surface area (Å²) in [6.07, 6.45) is -0.873. The zero-order chi connectivity index (χ0) is 25.8. The van der Waals surface area contributed by atoms with Gasteiger partial charge >= 0.3 is 0 Å². The number of aliphatic hydroxyl groups excluding tert-OH is 1. The van der Waals surface area contributed by atoms with Crippen molar-refractivity contribution >= 4 is 15.9 Å². The van der Waals surface area contributed by atoms with E-state index in [2.05, 4.69) is 5.32 Å². The van der Waals surface area contributed by atoms with Gasteiger partial charge in [-0.2, -0.15) is 4.31 Å². The van der Waals surface area contributed by atoms with Gasteiger partial charge in [0.15, 0.2) is 11.5 Å². The summed E-state index contributed by atoms with van der Waals surface area (Å²) in [5.41, 5.74) is 6.54. The molecule has 0 unspecified atom stereocenters. The Bertz CT molecular complexity index is 1120. The van der Waals surface area contributed by atoms with E-state index in [1.807, 2.05) is 51.1 Å². The number of ether oxygens (including phenoxy) is 2. The van der Waals surface area contributed by atoms with Crippen LogP contribution in [0.1, 0.15) is 33.3 Å². The normalized spacial score (nSPS) is 16.1. The first-order valence-corrected chi connectivity index (χ1v) is 13.0. The lowest BCUT2D eigenvalue weighted by Crippen LogP contribution is -2.56. The van der Waals surface area contributed by atoms with Crippen molar-refractivity contribution in [3.05, 3.63) is 54.1 Å². The van der Waals surface area contributed by atoms with Gasteiger partial charge in [-0.3, -0.25) is 4.79 Å². The Hall–Kier alpha value is -2.66. The number of hydrogen-bond donors (Lipinski definition) is 3. The topological polar surface area (TPSA) is 131 Å². The Morgan fingerprint density at radius 3 is 2.43 bits per heavy atom. The number of nitrogens with two attached hydrogens (primary N) is 1. The molecule has 0 spiro atoms. The van der Waals surface area contributed by atoms with Crippen molar-refractivity contribution in [3.63, 3.8) is 0 Å². The van der Waals surface area contributed by atoms with Crippen molar-refractivity contribution in [3.8, 4) is 11.5 Å². The molecule has 10 heteroatoms. The number of carbonyl (C=O) groups excluding carboxylic acids is 1. The van der Waals surface area contributed by atoms with E-state index in [0.29, 0.717) is 17.9 Å². The van der Waals surface area contributed by atoms with Crippen LogP contribution in [0, 0.1) is 5.41 Å². The molecule has 0 saturated carbocycles. The van der Waals surface area contributed by atoms with Gasteiger partial charge in [0.05, 0.1) is 23.1 Å². The molecule has 35 heavy (non-hydrogen) atoms. The molecule has 1 heterocycles. The van der Waals surface area contributed by atoms with E-state index in [1.165, 1.54) is 16.4 Å². The second-order valence-electron chi connectivity index (χ2n) is 9.69. The molecule has 0 aromatic heterocycles. The number of sulfonamides is 1. The first-order valence-electron chi connectivity index (χ1n) is 11.6. The average molecular weight is 506 g/mol. The minimum absolute atomic E-state index is 0.0343. The van der Waals surface area contributed by atoms with Crippen molar-refractivity contribution in [2.24, 2.45) is 11.1 Å². The van der Waals surface area contributed by atoms with E-state index >= 15 is 0 Å². The third-order valence-corrected chi connectivity index (χ3v) is 7.97. The molecule has 0 bridgehead atoms. The zero-order valence-corrected chi connectivity index (χ0v) is 21.4. The largest absolute Gasteiger partial charge is 0.454 e. The SMILES string of the molecule is CCN(C[C@@H](O)[C@H](Cc1ccccc1)NC(=O)[C@@H](N)C(C)(C)C)S(=O)(=O)c1ccc2c(c1)OCO2. The lowest BCUT2D eigenvalue weighted by atomic mass is 9.86. The second-order valence-corrected chi connectivity index (χ2v) is 11.6. The van der Waals surface area contributed by atoms with Gasteiger partial charge in [-0.15, -0.1) is 0 Å². The van der Waals surface area contributed by atoms with Crippen molar-refractivity contribution in [2.45, 2.75) is 57.2 Å². The predicted octanol–water partition coefficient (Wildman–Crippen LogP) is 1.89. The molecule has 1 aliphatic heterocycles. The molecule has 1 amide bonds. The van der Waals surface area contributed by atoms with Crippen LogP contribution >= 0.6 is 0 Å². The maximum absolute atomic E-state index is 13.4. The van der Waals surface area contributed by atoms with Crippen molar-refractivity contribution < 1.29 is 27.8 Å². The Kier molecular flexibility index (Phi) is 8.42. The average Bonchev–Trinajstić information content (AvgIpc) is 3.29. The number of nitrogens with one attached hydrogen (secondary N) is 1. The van der Waals surface area contributed by atoms with Crippen LogP contribution in [0.3, 0.4) is 0 Å². The minimum atomic E-state index is -3.94. The number of fused-ring (bicyclic) bond motifs is 1. The fourth-order valence-electron chi connectivity index (χ4n) is 3.74. The highest BCUT2D eigenvalue weighted by Crippen LogP contribution is 2.34. The van der Waals surface area contributed by atoms with Gasteiger partial charge in [0.1, 0.15) is 0 Å². The summed E-state index contributed by atoms with van der Waals surface area (Å²) in [7, 11) is -3.94. The molecule has 0 fully saturated rings. The van der Waals surface area contributed by atoms with E-state index in [9.17, 15) is 18.3 Å². The fourth-order valence-corrected chi connectivity index (χ4v) is 5.22. The van der Waals surface area contributed by atoms with Crippen LogP contribution in [0.4, 0.5) is 0 Å². The molecule has 192 valence electrons. The third-order valence-electron chi connectivity index (χ3n) is 6.03. The number of amides is 1. The summed E-state index contributed by atoms with van der Waals surface area (Å²) in [5.74, 6) is 0.431. The minimum Gasteiger partial charge on any atom is -0.454 e. The fraction of sp³-hybridized carbons (Fsp3) is 0.480. The molecular weight excluding hydrogens is 470 g/mol. The third kappa shape index (κ3) is 6.52. The molecular formula is C25H35N3O6S. The lowest BCUT2D eigenvalue weighted by molar-refractivity contribution is -0.126. The number of likely N-dealkylation sites (N-methyl/N-ethyl adjacent to an activating group) is 1. The Morgan fingerprint density at radius 2 is 1.80 bits per heavy atom. The monoisotopic (exact) mass is 505 g/mol. The van der Waals surface area contributed by atoms with Crippen LogP contribution in [-0.4, -0.2) is 61.8 Å². The summed E-state index contributed by atoms with van der Waals surface area (Å²) in [6, 6.07) is 12.2. The highest BCUT2D eigenvalue weighted by Gasteiger charge is 2.34. The summed E-state index contributed by atoms with van der Waals surface area (Å²) < 4.78 is 38.5. The highest BCUT2D eigenvalue weighted by atomic mass is 32.2. The molecule has 2 aromatic rings. The van der Waals surface area contributed by atoms with Gasteiger partial charge in [0.2, 0.25) is 22.7 Å². The first-order chi connectivity index (χ1) is 16.4. The van der Waals surface area contributed by atoms with Crippen LogP contribution in [-0.2, 0) is 21.2 Å². The number of hydrogen-bond acceptors (Lipinski definition) is 7. The van der Waals surface area contributed by atoms with Crippen LogP contribution in [0.2, 0.25) is 0 Å². The van der Waals surface area contributed by atoms with Crippen LogP contribution in [0.15, 0.2) is 53.4 Å². The molecule has 1 aliphatic rings. The molecule has 0 aliphatic carbocycles. The molecule has 4 N–H and O–H groups in total. The maximum atomic E-state index is 13.4. The maximum Gasteiger partial charge on any atom is 0.243 e. The summed E-state index contributed by atoms with van der Waals surface area (Å²) in [5, 5.41) is 14.0. The van der Waals surface area contributed by atoms with Crippen molar-refractivity contribution in [2.75, 3.05) is 19.9 Å². The van der Waals surface area contributed by atoms with Crippen LogP contribution in [0.5, 0.6) is 11.5 Å². The van der Waals surface area contributed by atoms with Crippen molar-refractivity contribution in [1.82, 2.24) is 9.62 Å². The smallest absolute Gasteiger partial charge is 0.243 e. The molecule has 9 nitrogen and oxygen atoms in total. The molecule has 0 radical (unpaired) electrons. The standard InChI is InChI=1S/C25H35N3O6S/c1-5-28(35(31,32)18-11-12-21-22(14-18)34-16-33-21)15-20(29)19(13-17-9-7-6-8-10-17)27-24(30)23(26)25(2,3)4/h6-12,14,19-20,23,29H,5,13,15-16,26H2,1-4H3,(H,27,30)/t19-,20+,23+/m0/s1. The number of nitrogens with zero attached hydrogens (tertiary/aromatic N) is 1. The molecule has 0 saturated heterocycles. The van der Waals surface area contributed by atoms with Gasteiger partial charge in [0.25, 0.3) is 0 Å². The van der Waals surface area contributed by atoms with E-state index < -0.39 is 39.5 Å². The molecule has 2 aromatic carbocycles. The van der Waals surface area contributed by atoms with Crippen molar-refractivity contribution in [1.29, 1.82) is 0 Å². The van der Waals surface area contributed by atoms with Gasteiger partial charge in [0, 0.05) is 19.2 Å². The number of carbonyl (C=O) groups is 1. The van der Waals surface area contributed by atoms with Gasteiger partial charge < -0.3 is 25.6 Å². The zero-order valence-electron chi connectivity index (χ0n) is 20.6. The lowest BCUT2D eigenvalue weighted by Gasteiger charge is -2.32. The Labute approximate surface area is 207 Å². The summed E-state index contributed by atoms with van der Waals surface area (Å²) >= 11 is 0. The van der Waals surface area contributed by atoms with Crippen LogP contribution < -0.4 is 20.5 Å². The number of benzene rings is 2. The van der Waals surface area contributed by atoms with Gasteiger partial charge in [-0.25, -0.2) is 8.42 Å². The first kappa shape index (κ1) is 26.9. The second kappa shape index (κ2) is 10.9. The predicted molar refractivity (Wildman–Crippen MR) is 133 cm³/mol. The summed E-state index contributed by atoms with van der Waals surface area (Å²) in [4.78, 5) is 12.9.